The van der Waals surface area contributed by atoms with Gasteiger partial charge in [-0.25, -0.2) is 4.79 Å². The number of hydrogen-bond donors (Lipinski definition) is 1. The molecule has 1 aliphatic rings. The van der Waals surface area contributed by atoms with Crippen LogP contribution < -0.4 is 0 Å². The molecule has 1 saturated heterocycles. The fourth-order valence-corrected chi connectivity index (χ4v) is 2.27. The van der Waals surface area contributed by atoms with Crippen LogP contribution >= 0.6 is 0 Å². The van der Waals surface area contributed by atoms with E-state index in [9.17, 15) is 18.0 Å². The largest absolute Gasteiger partial charge is 0.465 e. The Bertz CT molecular complexity index is 563. The predicted molar refractivity (Wildman–Crippen MR) is 102 cm³/mol. The molecular weight excluding hydrogens is 359 g/mol. The highest BCUT2D eigenvalue weighted by atomic mass is 19.4. The number of halogens is 3. The topological polar surface area (TPSA) is 56.1 Å². The van der Waals surface area contributed by atoms with E-state index in [0.29, 0.717) is 19.1 Å². The SMILES string of the molecule is C=N/C=C\N(C)C1CCN(C(=O)O)CC1.CC(F)(F)F.Cc1ccccc1. The Balaban J connectivity index is 0.000000463. The van der Waals surface area contributed by atoms with Gasteiger partial charge in [0.15, 0.2) is 0 Å². The zero-order chi connectivity index (χ0) is 20.9. The van der Waals surface area contributed by atoms with Crippen molar-refractivity contribution in [1.29, 1.82) is 0 Å². The van der Waals surface area contributed by atoms with Crippen molar-refractivity contribution in [3.63, 3.8) is 0 Å². The van der Waals surface area contributed by atoms with Gasteiger partial charge in [0.25, 0.3) is 0 Å². The van der Waals surface area contributed by atoms with Crippen molar-refractivity contribution in [2.45, 2.75) is 38.9 Å². The van der Waals surface area contributed by atoms with E-state index in [1.165, 1.54) is 10.5 Å². The molecule has 152 valence electrons. The number of benzene rings is 1. The molecular formula is C19H28F3N3O2. The molecule has 1 aliphatic heterocycles. The van der Waals surface area contributed by atoms with Gasteiger partial charge >= 0.3 is 12.3 Å². The molecule has 1 fully saturated rings. The van der Waals surface area contributed by atoms with Crippen LogP contribution in [0.4, 0.5) is 18.0 Å². The summed E-state index contributed by atoms with van der Waals surface area (Å²) >= 11 is 0. The molecule has 0 saturated carbocycles. The smallest absolute Gasteiger partial charge is 0.407 e. The monoisotopic (exact) mass is 387 g/mol. The molecule has 0 aromatic heterocycles. The number of aryl methyl sites for hydroxylation is 1. The Morgan fingerprint density at radius 3 is 2.11 bits per heavy atom. The second-order valence-electron chi connectivity index (χ2n) is 6.08. The summed E-state index contributed by atoms with van der Waals surface area (Å²) < 4.78 is 31.1. The van der Waals surface area contributed by atoms with Gasteiger partial charge in [-0.3, -0.25) is 4.99 Å². The van der Waals surface area contributed by atoms with Crippen molar-refractivity contribution in [1.82, 2.24) is 9.80 Å². The first kappa shape index (κ1) is 24.5. The van der Waals surface area contributed by atoms with E-state index in [2.05, 4.69) is 35.7 Å². The summed E-state index contributed by atoms with van der Waals surface area (Å²) in [4.78, 5) is 17.8. The number of amides is 1. The molecule has 8 heteroatoms. The highest BCUT2D eigenvalue weighted by Gasteiger charge is 2.23. The molecule has 1 heterocycles. The maximum atomic E-state index is 10.7. The van der Waals surface area contributed by atoms with E-state index in [1.54, 1.807) is 6.20 Å². The summed E-state index contributed by atoms with van der Waals surface area (Å²) in [5.74, 6) is 0. The summed E-state index contributed by atoms with van der Waals surface area (Å²) in [5, 5.41) is 8.78. The van der Waals surface area contributed by atoms with Crippen molar-refractivity contribution in [3.05, 3.63) is 48.3 Å². The Labute approximate surface area is 158 Å². The fraction of sp³-hybridized carbons (Fsp3) is 0.474. The number of nitrogens with zero attached hydrogens (tertiary/aromatic N) is 3. The van der Waals surface area contributed by atoms with Crippen molar-refractivity contribution in [2.75, 3.05) is 20.1 Å². The molecule has 0 atom stereocenters. The van der Waals surface area contributed by atoms with Gasteiger partial charge in [0.05, 0.1) is 0 Å². The van der Waals surface area contributed by atoms with Gasteiger partial charge < -0.3 is 14.9 Å². The molecule has 1 N–H and O–H groups in total. The van der Waals surface area contributed by atoms with Gasteiger partial charge in [0, 0.05) is 45.5 Å². The van der Waals surface area contributed by atoms with Crippen LogP contribution in [-0.2, 0) is 0 Å². The second-order valence-corrected chi connectivity index (χ2v) is 6.08. The van der Waals surface area contributed by atoms with Crippen LogP contribution in [0.5, 0.6) is 0 Å². The third-order valence-corrected chi connectivity index (χ3v) is 3.66. The highest BCUT2D eigenvalue weighted by Crippen LogP contribution is 2.15. The lowest BCUT2D eigenvalue weighted by molar-refractivity contribution is -0.110. The number of piperidine rings is 1. The first-order valence-electron chi connectivity index (χ1n) is 8.45. The Morgan fingerprint density at radius 1 is 1.30 bits per heavy atom. The van der Waals surface area contributed by atoms with Crippen molar-refractivity contribution in [2.24, 2.45) is 4.99 Å². The van der Waals surface area contributed by atoms with Gasteiger partial charge in [0.1, 0.15) is 0 Å². The number of rotatable bonds is 3. The van der Waals surface area contributed by atoms with E-state index < -0.39 is 12.3 Å². The van der Waals surface area contributed by atoms with Crippen molar-refractivity contribution >= 4 is 12.8 Å². The van der Waals surface area contributed by atoms with Crippen LogP contribution in [-0.4, -0.2) is 60.1 Å². The summed E-state index contributed by atoms with van der Waals surface area (Å²) in [6.07, 6.45) is 0.422. The highest BCUT2D eigenvalue weighted by molar-refractivity contribution is 5.65. The fourth-order valence-electron chi connectivity index (χ4n) is 2.27. The molecule has 5 nitrogen and oxygen atoms in total. The number of likely N-dealkylation sites (tertiary alicyclic amines) is 1. The lowest BCUT2D eigenvalue weighted by Crippen LogP contribution is -2.43. The lowest BCUT2D eigenvalue weighted by Gasteiger charge is -2.34. The van der Waals surface area contributed by atoms with Crippen molar-refractivity contribution < 1.29 is 23.1 Å². The summed E-state index contributed by atoms with van der Waals surface area (Å²) in [6.45, 7) is 6.86. The number of hydrogen-bond acceptors (Lipinski definition) is 3. The maximum Gasteiger partial charge on any atom is 0.407 e. The average Bonchev–Trinajstić information content (AvgIpc) is 2.59. The van der Waals surface area contributed by atoms with Crippen LogP contribution in [0.15, 0.2) is 47.7 Å². The van der Waals surface area contributed by atoms with E-state index in [-0.39, 0.29) is 6.92 Å². The Hall–Kier alpha value is -2.51. The first-order valence-corrected chi connectivity index (χ1v) is 8.45. The molecule has 0 bridgehead atoms. The Kier molecular flexibility index (Phi) is 11.6. The molecule has 27 heavy (non-hydrogen) atoms. The van der Waals surface area contributed by atoms with Crippen LogP contribution in [0.25, 0.3) is 0 Å². The number of carbonyl (C=O) groups is 1. The van der Waals surface area contributed by atoms with Crippen molar-refractivity contribution in [3.8, 4) is 0 Å². The first-order chi connectivity index (χ1) is 12.5. The quantitative estimate of drug-likeness (QED) is 0.758. The predicted octanol–water partition coefficient (Wildman–Crippen LogP) is 4.80. The van der Waals surface area contributed by atoms with Gasteiger partial charge in [-0.15, -0.1) is 0 Å². The molecule has 0 radical (unpaired) electrons. The summed E-state index contributed by atoms with van der Waals surface area (Å²) in [5.41, 5.74) is 1.32. The standard InChI is InChI=1S/C10H17N3O2.C7H8.C2H3F3/c1-11-5-8-12(2)9-3-6-13(7-4-9)10(14)15;1-7-5-3-2-4-6-7;1-2(3,4)5/h5,8-9H,1,3-4,6-7H2,2H3,(H,14,15);2-6H,1H3;1H3/b8-5-;;. The zero-order valence-corrected chi connectivity index (χ0v) is 16.0. The molecule has 1 amide bonds. The van der Waals surface area contributed by atoms with Crippen LogP contribution in [0.2, 0.25) is 0 Å². The van der Waals surface area contributed by atoms with E-state index in [0.717, 1.165) is 12.8 Å². The minimum Gasteiger partial charge on any atom is -0.465 e. The van der Waals surface area contributed by atoms with Crippen LogP contribution in [0.1, 0.15) is 25.3 Å². The van der Waals surface area contributed by atoms with E-state index in [4.69, 9.17) is 5.11 Å². The van der Waals surface area contributed by atoms with E-state index in [1.807, 2.05) is 31.4 Å². The summed E-state index contributed by atoms with van der Waals surface area (Å²) in [6, 6.07) is 10.7. The average molecular weight is 387 g/mol. The summed E-state index contributed by atoms with van der Waals surface area (Å²) in [7, 11) is 1.97. The Morgan fingerprint density at radius 2 is 1.78 bits per heavy atom. The van der Waals surface area contributed by atoms with Crippen LogP contribution in [0.3, 0.4) is 0 Å². The van der Waals surface area contributed by atoms with E-state index >= 15 is 0 Å². The number of carboxylic acid groups (broad SMARTS) is 1. The molecule has 1 aromatic carbocycles. The van der Waals surface area contributed by atoms with Gasteiger partial charge in [0.2, 0.25) is 0 Å². The molecule has 0 unspecified atom stereocenters. The third-order valence-electron chi connectivity index (χ3n) is 3.66. The number of alkyl halides is 3. The third kappa shape index (κ3) is 14.4. The molecule has 0 spiro atoms. The van der Waals surface area contributed by atoms with Crippen LogP contribution in [0, 0.1) is 6.92 Å². The molecule has 1 aromatic rings. The maximum absolute atomic E-state index is 10.7. The number of aliphatic imine (C=N–C) groups is 1. The molecule has 2 rings (SSSR count). The second kappa shape index (κ2) is 12.8. The van der Waals surface area contributed by atoms with Gasteiger partial charge in [-0.2, -0.15) is 13.2 Å². The lowest BCUT2D eigenvalue weighted by atomic mass is 10.0. The van der Waals surface area contributed by atoms with Gasteiger partial charge in [-0.1, -0.05) is 35.9 Å². The normalized spacial score (nSPS) is 14.5. The zero-order valence-electron chi connectivity index (χ0n) is 16.0. The minimum atomic E-state index is -4.00. The minimum absolute atomic E-state index is 0.188. The van der Waals surface area contributed by atoms with Gasteiger partial charge in [-0.05, 0) is 26.5 Å². The molecule has 0 aliphatic carbocycles.